The Balaban J connectivity index is 2.00. The molecule has 0 bridgehead atoms. The molecule has 4 heterocycles. The van der Waals surface area contributed by atoms with Gasteiger partial charge in [-0.15, -0.1) is 0 Å². The van der Waals surface area contributed by atoms with Crippen LogP contribution in [-0.2, 0) is 11.2 Å². The first-order valence-corrected chi connectivity index (χ1v) is 6.95. The van der Waals surface area contributed by atoms with E-state index in [9.17, 15) is 9.18 Å². The van der Waals surface area contributed by atoms with Gasteiger partial charge in [0.05, 0.1) is 23.4 Å². The predicted molar refractivity (Wildman–Crippen MR) is 78.0 cm³/mol. The summed E-state index contributed by atoms with van der Waals surface area (Å²) in [5, 5.41) is 0. The number of ether oxygens (including phenoxy) is 1. The van der Waals surface area contributed by atoms with Gasteiger partial charge in [0.25, 0.3) is 0 Å². The zero-order chi connectivity index (χ0) is 15.3. The Kier molecular flexibility index (Phi) is 2.72. The summed E-state index contributed by atoms with van der Waals surface area (Å²) in [5.74, 6) is -0.881. The second-order valence-electron chi connectivity index (χ2n) is 5.22. The van der Waals surface area contributed by atoms with Crippen LogP contribution in [0.5, 0.6) is 0 Å². The SMILES string of the molecule is Cc1c(-c2ccnc3ccc(F)nc23)[nH]c2c1C(=O)OCC2. The van der Waals surface area contributed by atoms with E-state index in [1.807, 2.05) is 6.92 Å². The molecule has 0 spiro atoms. The molecule has 0 aromatic carbocycles. The monoisotopic (exact) mass is 297 g/mol. The molecule has 1 aliphatic rings. The summed E-state index contributed by atoms with van der Waals surface area (Å²) < 4.78 is 18.6. The lowest BCUT2D eigenvalue weighted by Gasteiger charge is -2.11. The zero-order valence-electron chi connectivity index (χ0n) is 11.8. The number of rotatable bonds is 1. The molecule has 3 aromatic heterocycles. The Labute approximate surface area is 125 Å². The van der Waals surface area contributed by atoms with Crippen LogP contribution in [-0.4, -0.2) is 27.5 Å². The first-order chi connectivity index (χ1) is 10.6. The van der Waals surface area contributed by atoms with E-state index < -0.39 is 5.95 Å². The van der Waals surface area contributed by atoms with Gasteiger partial charge < -0.3 is 9.72 Å². The normalized spacial score (nSPS) is 14.0. The van der Waals surface area contributed by atoms with E-state index in [0.29, 0.717) is 29.6 Å². The maximum Gasteiger partial charge on any atom is 0.340 e. The molecule has 0 saturated heterocycles. The first-order valence-electron chi connectivity index (χ1n) is 6.95. The maximum absolute atomic E-state index is 13.5. The average Bonchev–Trinajstić information content (AvgIpc) is 2.85. The highest BCUT2D eigenvalue weighted by atomic mass is 19.1. The average molecular weight is 297 g/mol. The van der Waals surface area contributed by atoms with Gasteiger partial charge in [-0.25, -0.2) is 9.78 Å². The number of nitrogens with zero attached hydrogens (tertiary/aromatic N) is 2. The van der Waals surface area contributed by atoms with Gasteiger partial charge in [-0.2, -0.15) is 4.39 Å². The Morgan fingerprint density at radius 3 is 3.00 bits per heavy atom. The third-order valence-electron chi connectivity index (χ3n) is 3.94. The van der Waals surface area contributed by atoms with Gasteiger partial charge in [-0.1, -0.05) is 0 Å². The number of carbonyl (C=O) groups is 1. The van der Waals surface area contributed by atoms with Crippen LogP contribution in [0.3, 0.4) is 0 Å². The van der Waals surface area contributed by atoms with E-state index in [2.05, 4.69) is 15.0 Å². The fourth-order valence-corrected chi connectivity index (χ4v) is 2.91. The number of cyclic esters (lactones) is 1. The van der Waals surface area contributed by atoms with Crippen LogP contribution < -0.4 is 0 Å². The Morgan fingerprint density at radius 1 is 1.32 bits per heavy atom. The molecule has 1 N–H and O–H groups in total. The minimum atomic E-state index is -0.560. The van der Waals surface area contributed by atoms with Crippen molar-refractivity contribution in [3.8, 4) is 11.3 Å². The molecular formula is C16H12FN3O2. The van der Waals surface area contributed by atoms with Crippen molar-refractivity contribution in [2.75, 3.05) is 6.61 Å². The van der Waals surface area contributed by atoms with Crippen LogP contribution in [0.1, 0.15) is 21.6 Å². The van der Waals surface area contributed by atoms with E-state index in [1.54, 1.807) is 18.3 Å². The number of pyridine rings is 2. The zero-order valence-corrected chi connectivity index (χ0v) is 11.8. The second-order valence-corrected chi connectivity index (χ2v) is 5.22. The molecule has 0 saturated carbocycles. The maximum atomic E-state index is 13.5. The summed E-state index contributed by atoms with van der Waals surface area (Å²) >= 11 is 0. The van der Waals surface area contributed by atoms with Crippen LogP contribution in [0.25, 0.3) is 22.3 Å². The number of nitrogens with one attached hydrogen (secondary N) is 1. The molecule has 0 fully saturated rings. The predicted octanol–water partition coefficient (Wildman–Crippen LogP) is 2.79. The summed E-state index contributed by atoms with van der Waals surface area (Å²) in [4.78, 5) is 23.4. The molecule has 22 heavy (non-hydrogen) atoms. The Hall–Kier alpha value is -2.76. The number of esters is 1. The third-order valence-corrected chi connectivity index (χ3v) is 3.94. The van der Waals surface area contributed by atoms with Gasteiger partial charge >= 0.3 is 5.97 Å². The number of halogens is 1. The molecule has 3 aromatic rings. The lowest BCUT2D eigenvalue weighted by atomic mass is 10.0. The van der Waals surface area contributed by atoms with Crippen LogP contribution in [0.2, 0.25) is 0 Å². The highest BCUT2D eigenvalue weighted by molar-refractivity contribution is 5.98. The summed E-state index contributed by atoms with van der Waals surface area (Å²) in [6.45, 7) is 2.22. The van der Waals surface area contributed by atoms with Crippen molar-refractivity contribution in [2.24, 2.45) is 0 Å². The van der Waals surface area contributed by atoms with Crippen molar-refractivity contribution in [2.45, 2.75) is 13.3 Å². The minimum absolute atomic E-state index is 0.321. The van der Waals surface area contributed by atoms with E-state index in [-0.39, 0.29) is 5.97 Å². The van der Waals surface area contributed by atoms with E-state index in [1.165, 1.54) is 6.07 Å². The molecule has 0 atom stereocenters. The van der Waals surface area contributed by atoms with Crippen LogP contribution in [0.4, 0.5) is 4.39 Å². The van der Waals surface area contributed by atoms with Gasteiger partial charge in [-0.05, 0) is 30.7 Å². The molecule has 0 radical (unpaired) electrons. The number of aromatic amines is 1. The first kappa shape index (κ1) is 12.9. The van der Waals surface area contributed by atoms with Crippen LogP contribution in [0.15, 0.2) is 24.4 Å². The van der Waals surface area contributed by atoms with Crippen molar-refractivity contribution in [1.82, 2.24) is 15.0 Å². The van der Waals surface area contributed by atoms with Crippen molar-refractivity contribution >= 4 is 17.0 Å². The fourth-order valence-electron chi connectivity index (χ4n) is 2.91. The van der Waals surface area contributed by atoms with Crippen molar-refractivity contribution < 1.29 is 13.9 Å². The molecule has 6 heteroatoms. The molecule has 1 aliphatic heterocycles. The standard InChI is InChI=1S/C16H12FN3O2/c1-8-13-10(5-7-22-16(13)21)19-14(8)9-4-6-18-11-2-3-12(17)20-15(9)11/h2-4,6,19H,5,7H2,1H3. The van der Waals surface area contributed by atoms with Crippen molar-refractivity contribution in [3.05, 3.63) is 47.2 Å². The highest BCUT2D eigenvalue weighted by Gasteiger charge is 2.26. The molecule has 0 unspecified atom stereocenters. The molecule has 110 valence electrons. The Bertz CT molecular complexity index is 917. The smallest absolute Gasteiger partial charge is 0.340 e. The number of fused-ring (bicyclic) bond motifs is 2. The van der Waals surface area contributed by atoms with Crippen molar-refractivity contribution in [1.29, 1.82) is 0 Å². The number of hydrogen-bond acceptors (Lipinski definition) is 4. The van der Waals surface area contributed by atoms with Gasteiger partial charge in [0, 0.05) is 23.9 Å². The summed E-state index contributed by atoms with van der Waals surface area (Å²) in [6, 6.07) is 4.64. The molecule has 4 rings (SSSR count). The summed E-state index contributed by atoms with van der Waals surface area (Å²) in [7, 11) is 0. The number of carbonyl (C=O) groups excluding carboxylic acids is 1. The summed E-state index contributed by atoms with van der Waals surface area (Å²) in [5.41, 5.74) is 4.77. The van der Waals surface area contributed by atoms with Crippen LogP contribution >= 0.6 is 0 Å². The number of aromatic nitrogens is 3. The number of hydrogen-bond donors (Lipinski definition) is 1. The van der Waals surface area contributed by atoms with Gasteiger partial charge in [0.2, 0.25) is 5.95 Å². The lowest BCUT2D eigenvalue weighted by Crippen LogP contribution is -2.17. The quantitative estimate of drug-likeness (QED) is 0.554. The Morgan fingerprint density at radius 2 is 2.18 bits per heavy atom. The summed E-state index contributed by atoms with van der Waals surface area (Å²) in [6.07, 6.45) is 2.29. The minimum Gasteiger partial charge on any atom is -0.462 e. The van der Waals surface area contributed by atoms with E-state index in [4.69, 9.17) is 4.74 Å². The van der Waals surface area contributed by atoms with E-state index in [0.717, 1.165) is 22.5 Å². The van der Waals surface area contributed by atoms with Gasteiger partial charge in [0.1, 0.15) is 5.52 Å². The lowest BCUT2D eigenvalue weighted by molar-refractivity contribution is 0.0478. The molecule has 0 aliphatic carbocycles. The topological polar surface area (TPSA) is 67.9 Å². The molecular weight excluding hydrogens is 285 g/mol. The van der Waals surface area contributed by atoms with Gasteiger partial charge in [0.15, 0.2) is 0 Å². The number of H-pyrrole nitrogens is 1. The third kappa shape index (κ3) is 1.80. The van der Waals surface area contributed by atoms with Crippen molar-refractivity contribution in [3.63, 3.8) is 0 Å². The van der Waals surface area contributed by atoms with Crippen LogP contribution in [0, 0.1) is 12.9 Å². The highest BCUT2D eigenvalue weighted by Crippen LogP contribution is 2.33. The van der Waals surface area contributed by atoms with E-state index >= 15 is 0 Å². The second kappa shape index (κ2) is 4.62. The largest absolute Gasteiger partial charge is 0.462 e. The van der Waals surface area contributed by atoms with Gasteiger partial charge in [-0.3, -0.25) is 4.98 Å². The molecule has 5 nitrogen and oxygen atoms in total. The molecule has 0 amide bonds. The fraction of sp³-hybridized carbons (Fsp3) is 0.188.